The van der Waals surface area contributed by atoms with Gasteiger partial charge in [-0.2, -0.15) is 10.2 Å². The average molecular weight is 382 g/mol. The summed E-state index contributed by atoms with van der Waals surface area (Å²) in [5.41, 5.74) is 6.57. The molecule has 0 aliphatic rings. The molecule has 6 rings (SSSR count). The third-order valence-corrected chi connectivity index (χ3v) is 4.84. The van der Waals surface area contributed by atoms with Crippen LogP contribution in [0.1, 0.15) is 5.69 Å². The van der Waals surface area contributed by atoms with E-state index < -0.39 is 0 Å². The lowest BCUT2D eigenvalue weighted by Crippen LogP contribution is -1.92. The van der Waals surface area contributed by atoms with E-state index in [1.807, 2.05) is 36.0 Å². The summed E-state index contributed by atoms with van der Waals surface area (Å²) >= 11 is 0. The summed E-state index contributed by atoms with van der Waals surface area (Å²) in [6.07, 6.45) is 10.8. The largest absolute Gasteiger partial charge is 0.334 e. The van der Waals surface area contributed by atoms with Crippen LogP contribution in [0, 0.1) is 6.92 Å². The number of nitrogens with zero attached hydrogens (tertiary/aromatic N) is 7. The van der Waals surface area contributed by atoms with Gasteiger partial charge in [0.2, 0.25) is 0 Å². The molecule has 10 nitrogen and oxygen atoms in total. The minimum absolute atomic E-state index is 0.616. The minimum Gasteiger partial charge on any atom is -0.334 e. The number of hydrogen-bond acceptors (Lipinski definition) is 6. The fourth-order valence-corrected chi connectivity index (χ4v) is 3.43. The lowest BCUT2D eigenvalue weighted by molar-refractivity contribution is 1.06. The molecule has 0 fully saturated rings. The van der Waals surface area contributed by atoms with Crippen molar-refractivity contribution in [2.45, 2.75) is 6.92 Å². The Morgan fingerprint density at radius 2 is 2.00 bits per heavy atom. The van der Waals surface area contributed by atoms with E-state index in [2.05, 4.69) is 45.3 Å². The molecule has 0 saturated carbocycles. The zero-order valence-electron chi connectivity index (χ0n) is 15.2. The van der Waals surface area contributed by atoms with Crippen molar-refractivity contribution in [2.75, 3.05) is 0 Å². The van der Waals surface area contributed by atoms with Gasteiger partial charge >= 0.3 is 0 Å². The Morgan fingerprint density at radius 3 is 2.83 bits per heavy atom. The van der Waals surface area contributed by atoms with Gasteiger partial charge in [0, 0.05) is 35.9 Å². The molecule has 10 heteroatoms. The number of aryl methyl sites for hydroxylation is 1. The van der Waals surface area contributed by atoms with Crippen molar-refractivity contribution in [2.24, 2.45) is 0 Å². The molecule has 6 aromatic heterocycles. The van der Waals surface area contributed by atoms with Crippen LogP contribution in [-0.4, -0.2) is 49.9 Å². The van der Waals surface area contributed by atoms with E-state index >= 15 is 0 Å². The van der Waals surface area contributed by atoms with Gasteiger partial charge in [0.15, 0.2) is 17.1 Å². The number of H-pyrrole nitrogens is 3. The summed E-state index contributed by atoms with van der Waals surface area (Å²) in [5.74, 6) is 0.644. The molecule has 140 valence electrons. The summed E-state index contributed by atoms with van der Waals surface area (Å²) in [4.78, 5) is 21.2. The highest BCUT2D eigenvalue weighted by Crippen LogP contribution is 2.29. The summed E-state index contributed by atoms with van der Waals surface area (Å²) in [7, 11) is 0. The Labute approximate surface area is 163 Å². The van der Waals surface area contributed by atoms with E-state index in [4.69, 9.17) is 0 Å². The Balaban J connectivity index is 1.53. The standard InChI is InChI=1S/C19H14N10/c1-10-8-29(9-22-10)14-2-3-20-18-16(14)25-19(26-18)15-13-4-11(12-6-23-24-7-12)5-21-17(13)28-27-15/h2-9H,1H3,(H,23,24)(H,20,25,26)(H,21,27,28). The van der Waals surface area contributed by atoms with Crippen LogP contribution in [0.5, 0.6) is 0 Å². The predicted molar refractivity (Wildman–Crippen MR) is 106 cm³/mol. The molecule has 0 aliphatic heterocycles. The van der Waals surface area contributed by atoms with Crippen molar-refractivity contribution >= 4 is 22.2 Å². The monoisotopic (exact) mass is 382 g/mol. The van der Waals surface area contributed by atoms with Gasteiger partial charge in [0.05, 0.1) is 29.3 Å². The second kappa shape index (κ2) is 5.83. The van der Waals surface area contributed by atoms with Gasteiger partial charge in [-0.1, -0.05) is 0 Å². The highest BCUT2D eigenvalue weighted by Gasteiger charge is 2.16. The molecule has 6 aromatic rings. The van der Waals surface area contributed by atoms with Crippen LogP contribution in [0.2, 0.25) is 0 Å². The van der Waals surface area contributed by atoms with Crippen LogP contribution in [0.4, 0.5) is 0 Å². The Morgan fingerprint density at radius 1 is 1.03 bits per heavy atom. The molecule has 0 bridgehead atoms. The quantitative estimate of drug-likeness (QED) is 0.431. The number of rotatable bonds is 3. The van der Waals surface area contributed by atoms with Gasteiger partial charge in [0.25, 0.3) is 0 Å². The van der Waals surface area contributed by atoms with Crippen LogP contribution in [0.25, 0.3) is 50.5 Å². The molecular weight excluding hydrogens is 368 g/mol. The zero-order valence-corrected chi connectivity index (χ0v) is 15.2. The van der Waals surface area contributed by atoms with Gasteiger partial charge in [-0.05, 0) is 19.1 Å². The van der Waals surface area contributed by atoms with Gasteiger partial charge in [-0.15, -0.1) is 0 Å². The van der Waals surface area contributed by atoms with Crippen LogP contribution < -0.4 is 0 Å². The number of nitrogens with one attached hydrogen (secondary N) is 3. The van der Waals surface area contributed by atoms with E-state index in [1.165, 1.54) is 0 Å². The lowest BCUT2D eigenvalue weighted by atomic mass is 10.1. The number of pyridine rings is 2. The molecule has 3 N–H and O–H groups in total. The molecule has 0 saturated heterocycles. The van der Waals surface area contributed by atoms with Crippen LogP contribution >= 0.6 is 0 Å². The molecule has 0 atom stereocenters. The molecule has 0 amide bonds. The van der Waals surface area contributed by atoms with Crippen molar-refractivity contribution in [3.05, 3.63) is 55.1 Å². The molecule has 6 heterocycles. The van der Waals surface area contributed by atoms with Crippen LogP contribution in [0.15, 0.2) is 49.4 Å². The topological polar surface area (TPSA) is 130 Å². The number of hydrogen-bond donors (Lipinski definition) is 3. The van der Waals surface area contributed by atoms with E-state index in [1.54, 1.807) is 24.9 Å². The Hall–Kier alpha value is -4.34. The second-order valence-electron chi connectivity index (χ2n) is 6.72. The maximum atomic E-state index is 4.67. The first kappa shape index (κ1) is 15.7. The van der Waals surface area contributed by atoms with E-state index in [9.17, 15) is 0 Å². The van der Waals surface area contributed by atoms with Crippen LogP contribution in [0.3, 0.4) is 0 Å². The fourth-order valence-electron chi connectivity index (χ4n) is 3.43. The van der Waals surface area contributed by atoms with Crippen molar-refractivity contribution < 1.29 is 0 Å². The second-order valence-corrected chi connectivity index (χ2v) is 6.72. The van der Waals surface area contributed by atoms with Gasteiger partial charge in [-0.25, -0.2) is 19.9 Å². The molecule has 0 aromatic carbocycles. The average Bonchev–Trinajstić information content (AvgIpc) is 3.51. The fraction of sp³-hybridized carbons (Fsp3) is 0.0526. The molecule has 0 aliphatic carbocycles. The molecular formula is C19H14N10. The Bertz CT molecular complexity index is 1470. The highest BCUT2D eigenvalue weighted by molar-refractivity contribution is 5.94. The maximum absolute atomic E-state index is 4.67. The van der Waals surface area contributed by atoms with Crippen molar-refractivity contribution in [3.8, 4) is 28.3 Å². The van der Waals surface area contributed by atoms with Gasteiger partial charge < -0.3 is 9.55 Å². The first-order valence-corrected chi connectivity index (χ1v) is 8.95. The first-order valence-electron chi connectivity index (χ1n) is 8.95. The number of imidazole rings is 2. The van der Waals surface area contributed by atoms with Crippen LogP contribution in [-0.2, 0) is 0 Å². The van der Waals surface area contributed by atoms with Gasteiger partial charge in [0.1, 0.15) is 11.2 Å². The minimum atomic E-state index is 0.616. The van der Waals surface area contributed by atoms with Gasteiger partial charge in [-0.3, -0.25) is 10.2 Å². The highest BCUT2D eigenvalue weighted by atomic mass is 15.2. The summed E-state index contributed by atoms with van der Waals surface area (Å²) in [6.45, 7) is 1.95. The number of aromatic amines is 3. The van der Waals surface area contributed by atoms with Crippen molar-refractivity contribution in [1.82, 2.24) is 49.9 Å². The maximum Gasteiger partial charge on any atom is 0.181 e. The molecule has 0 unspecified atom stereocenters. The molecule has 0 spiro atoms. The summed E-state index contributed by atoms with van der Waals surface area (Å²) < 4.78 is 1.95. The van der Waals surface area contributed by atoms with E-state index in [0.29, 0.717) is 17.1 Å². The third kappa shape index (κ3) is 2.42. The molecule has 29 heavy (non-hydrogen) atoms. The van der Waals surface area contributed by atoms with E-state index in [-0.39, 0.29) is 0 Å². The van der Waals surface area contributed by atoms with Crippen molar-refractivity contribution in [1.29, 1.82) is 0 Å². The lowest BCUT2D eigenvalue weighted by Gasteiger charge is -2.01. The normalized spacial score (nSPS) is 11.6. The van der Waals surface area contributed by atoms with Crippen molar-refractivity contribution in [3.63, 3.8) is 0 Å². The third-order valence-electron chi connectivity index (χ3n) is 4.84. The number of fused-ring (bicyclic) bond motifs is 2. The van der Waals surface area contributed by atoms with E-state index in [0.717, 1.165) is 39.1 Å². The summed E-state index contributed by atoms with van der Waals surface area (Å²) in [5, 5.41) is 15.1. The predicted octanol–water partition coefficient (Wildman–Crippen LogP) is 2.78. The SMILES string of the molecule is Cc1cn(-c2ccnc3nc(-c4[nH]nc5ncc(-c6cn[nH]c6)cc45)[nH]c23)cn1. The first-order chi connectivity index (χ1) is 14.3. The molecule has 0 radical (unpaired) electrons. The Kier molecular flexibility index (Phi) is 3.15. The zero-order chi connectivity index (χ0) is 19.4. The summed E-state index contributed by atoms with van der Waals surface area (Å²) in [6, 6.07) is 3.95. The number of aromatic nitrogens is 10. The smallest absolute Gasteiger partial charge is 0.181 e.